The lowest BCUT2D eigenvalue weighted by Gasteiger charge is -2.14. The molecule has 0 amide bonds. The van der Waals surface area contributed by atoms with Gasteiger partial charge in [0.2, 0.25) is 0 Å². The van der Waals surface area contributed by atoms with Gasteiger partial charge in [-0.05, 0) is 42.8 Å². The number of halogens is 1. The predicted octanol–water partition coefficient (Wildman–Crippen LogP) is 3.72. The number of anilines is 1. The molecule has 0 aliphatic carbocycles. The van der Waals surface area contributed by atoms with E-state index in [-0.39, 0.29) is 0 Å². The summed E-state index contributed by atoms with van der Waals surface area (Å²) in [5, 5.41) is 13.1. The zero-order chi connectivity index (χ0) is 13.0. The van der Waals surface area contributed by atoms with Gasteiger partial charge in [0.1, 0.15) is 6.04 Å². The van der Waals surface area contributed by atoms with Crippen LogP contribution in [0.4, 0.5) is 5.69 Å². The molecular weight excluding hydrogens is 246 g/mol. The standard InChI is InChI=1S/C14H12ClN3/c1-10-6-7-17-9-13(10)14(8-16)18-12-4-2-11(15)3-5-12/h2-7,9,14,18H,1H3. The topological polar surface area (TPSA) is 48.7 Å². The largest absolute Gasteiger partial charge is 0.366 e. The molecule has 0 saturated carbocycles. The Labute approximate surface area is 111 Å². The zero-order valence-corrected chi connectivity index (χ0v) is 10.6. The molecule has 1 aromatic heterocycles. The minimum absolute atomic E-state index is 0.417. The van der Waals surface area contributed by atoms with E-state index < -0.39 is 6.04 Å². The van der Waals surface area contributed by atoms with Crippen molar-refractivity contribution in [2.75, 3.05) is 5.32 Å². The maximum absolute atomic E-state index is 9.25. The maximum atomic E-state index is 9.25. The van der Waals surface area contributed by atoms with Crippen LogP contribution in [0, 0.1) is 18.3 Å². The number of hydrogen-bond acceptors (Lipinski definition) is 3. The lowest BCUT2D eigenvalue weighted by Crippen LogP contribution is -2.10. The number of nitriles is 1. The van der Waals surface area contributed by atoms with E-state index in [2.05, 4.69) is 16.4 Å². The van der Waals surface area contributed by atoms with Crippen molar-refractivity contribution in [2.45, 2.75) is 13.0 Å². The number of nitrogens with one attached hydrogen (secondary N) is 1. The molecule has 4 heteroatoms. The molecular formula is C14H12ClN3. The first-order valence-electron chi connectivity index (χ1n) is 5.53. The molecule has 1 unspecified atom stereocenters. The van der Waals surface area contributed by atoms with Gasteiger partial charge >= 0.3 is 0 Å². The summed E-state index contributed by atoms with van der Waals surface area (Å²) in [4.78, 5) is 4.06. The Hall–Kier alpha value is -2.05. The quantitative estimate of drug-likeness (QED) is 0.912. The van der Waals surface area contributed by atoms with Crippen LogP contribution in [0.2, 0.25) is 5.02 Å². The second kappa shape index (κ2) is 5.52. The van der Waals surface area contributed by atoms with Gasteiger partial charge in [-0.1, -0.05) is 11.6 Å². The summed E-state index contributed by atoms with van der Waals surface area (Å²) >= 11 is 5.82. The van der Waals surface area contributed by atoms with E-state index in [0.717, 1.165) is 16.8 Å². The second-order valence-corrected chi connectivity index (χ2v) is 4.38. The number of benzene rings is 1. The number of hydrogen-bond donors (Lipinski definition) is 1. The van der Waals surface area contributed by atoms with E-state index in [1.165, 1.54) is 0 Å². The molecule has 1 atom stereocenters. The van der Waals surface area contributed by atoms with Crippen LogP contribution in [0.1, 0.15) is 17.2 Å². The van der Waals surface area contributed by atoms with Crippen molar-refractivity contribution in [3.8, 4) is 6.07 Å². The van der Waals surface area contributed by atoms with Crippen molar-refractivity contribution >= 4 is 17.3 Å². The summed E-state index contributed by atoms with van der Waals surface area (Å²) in [7, 11) is 0. The number of aromatic nitrogens is 1. The molecule has 18 heavy (non-hydrogen) atoms. The van der Waals surface area contributed by atoms with Crippen LogP contribution in [0.5, 0.6) is 0 Å². The van der Waals surface area contributed by atoms with Crippen LogP contribution in [0.25, 0.3) is 0 Å². The van der Waals surface area contributed by atoms with E-state index in [4.69, 9.17) is 11.6 Å². The van der Waals surface area contributed by atoms with Gasteiger partial charge in [-0.2, -0.15) is 5.26 Å². The van der Waals surface area contributed by atoms with Gasteiger partial charge in [0.25, 0.3) is 0 Å². The van der Waals surface area contributed by atoms with Crippen LogP contribution in [0.3, 0.4) is 0 Å². The molecule has 0 saturated heterocycles. The summed E-state index contributed by atoms with van der Waals surface area (Å²) in [6, 6.07) is 11.0. The van der Waals surface area contributed by atoms with Crippen molar-refractivity contribution in [1.82, 2.24) is 4.98 Å². The Kier molecular flexibility index (Phi) is 3.81. The van der Waals surface area contributed by atoms with Gasteiger partial charge in [-0.3, -0.25) is 4.98 Å². The van der Waals surface area contributed by atoms with Gasteiger partial charge in [-0.25, -0.2) is 0 Å². The van der Waals surface area contributed by atoms with E-state index in [1.807, 2.05) is 25.1 Å². The number of nitrogens with zero attached hydrogens (tertiary/aromatic N) is 2. The molecule has 3 nitrogen and oxygen atoms in total. The van der Waals surface area contributed by atoms with Gasteiger partial charge in [0.05, 0.1) is 6.07 Å². The summed E-state index contributed by atoms with van der Waals surface area (Å²) in [5.74, 6) is 0. The highest BCUT2D eigenvalue weighted by molar-refractivity contribution is 6.30. The van der Waals surface area contributed by atoms with Gasteiger partial charge in [0, 0.05) is 28.7 Å². The van der Waals surface area contributed by atoms with Crippen molar-refractivity contribution < 1.29 is 0 Å². The first kappa shape index (κ1) is 12.4. The predicted molar refractivity (Wildman–Crippen MR) is 72.4 cm³/mol. The molecule has 1 N–H and O–H groups in total. The Bertz CT molecular complexity index is 572. The zero-order valence-electron chi connectivity index (χ0n) is 9.89. The summed E-state index contributed by atoms with van der Waals surface area (Å²) in [6.45, 7) is 1.96. The van der Waals surface area contributed by atoms with Crippen LogP contribution in [-0.4, -0.2) is 4.98 Å². The molecule has 2 rings (SSSR count). The second-order valence-electron chi connectivity index (χ2n) is 3.95. The molecule has 90 valence electrons. The Morgan fingerprint density at radius 2 is 2.00 bits per heavy atom. The molecule has 1 aromatic carbocycles. The molecule has 0 aliphatic rings. The first-order valence-corrected chi connectivity index (χ1v) is 5.91. The third-order valence-corrected chi connectivity index (χ3v) is 2.93. The smallest absolute Gasteiger partial charge is 0.142 e. The summed E-state index contributed by atoms with van der Waals surface area (Å²) < 4.78 is 0. The lowest BCUT2D eigenvalue weighted by atomic mass is 10.0. The normalized spacial score (nSPS) is 11.6. The van der Waals surface area contributed by atoms with Crippen LogP contribution >= 0.6 is 11.6 Å². The molecule has 2 aromatic rings. The minimum Gasteiger partial charge on any atom is -0.366 e. The molecule has 0 radical (unpaired) electrons. The summed E-state index contributed by atoms with van der Waals surface area (Å²) in [5.41, 5.74) is 2.78. The highest BCUT2D eigenvalue weighted by atomic mass is 35.5. The summed E-state index contributed by atoms with van der Waals surface area (Å²) in [6.07, 6.45) is 3.43. The molecule has 0 spiro atoms. The van der Waals surface area contributed by atoms with E-state index in [9.17, 15) is 5.26 Å². The van der Waals surface area contributed by atoms with Crippen LogP contribution < -0.4 is 5.32 Å². The SMILES string of the molecule is Cc1ccncc1C(C#N)Nc1ccc(Cl)cc1. The maximum Gasteiger partial charge on any atom is 0.142 e. The van der Waals surface area contributed by atoms with Gasteiger partial charge < -0.3 is 5.32 Å². The fourth-order valence-corrected chi connectivity index (χ4v) is 1.80. The third kappa shape index (κ3) is 2.79. The first-order chi connectivity index (χ1) is 8.70. The fourth-order valence-electron chi connectivity index (χ4n) is 1.67. The Morgan fingerprint density at radius 3 is 2.61 bits per heavy atom. The van der Waals surface area contributed by atoms with Crippen LogP contribution in [0.15, 0.2) is 42.7 Å². The third-order valence-electron chi connectivity index (χ3n) is 2.67. The van der Waals surface area contributed by atoms with Crippen molar-refractivity contribution in [2.24, 2.45) is 0 Å². The highest BCUT2D eigenvalue weighted by Gasteiger charge is 2.12. The van der Waals surface area contributed by atoms with Crippen molar-refractivity contribution in [3.63, 3.8) is 0 Å². The van der Waals surface area contributed by atoms with Crippen molar-refractivity contribution in [3.05, 3.63) is 58.9 Å². The van der Waals surface area contributed by atoms with Crippen LogP contribution in [-0.2, 0) is 0 Å². The number of aryl methyl sites for hydroxylation is 1. The van der Waals surface area contributed by atoms with Crippen molar-refractivity contribution in [1.29, 1.82) is 5.26 Å². The van der Waals surface area contributed by atoms with E-state index in [1.54, 1.807) is 24.5 Å². The molecule has 0 aliphatic heterocycles. The minimum atomic E-state index is -0.417. The molecule has 1 heterocycles. The molecule has 0 fully saturated rings. The molecule has 0 bridgehead atoms. The van der Waals surface area contributed by atoms with Gasteiger partial charge in [-0.15, -0.1) is 0 Å². The van der Waals surface area contributed by atoms with Gasteiger partial charge in [0.15, 0.2) is 0 Å². The lowest BCUT2D eigenvalue weighted by molar-refractivity contribution is 0.965. The van der Waals surface area contributed by atoms with E-state index in [0.29, 0.717) is 5.02 Å². The van der Waals surface area contributed by atoms with E-state index >= 15 is 0 Å². The number of rotatable bonds is 3. The Balaban J connectivity index is 2.23. The Morgan fingerprint density at radius 1 is 1.28 bits per heavy atom. The average molecular weight is 258 g/mol. The fraction of sp³-hybridized carbons (Fsp3) is 0.143. The highest BCUT2D eigenvalue weighted by Crippen LogP contribution is 2.22. The monoisotopic (exact) mass is 257 g/mol. The number of pyridine rings is 1. The average Bonchev–Trinajstić information content (AvgIpc) is 2.39.